The van der Waals surface area contributed by atoms with Crippen LogP contribution < -0.4 is 0 Å². The number of fused-ring (bicyclic) bond motifs is 1. The molecule has 0 aromatic heterocycles. The summed E-state index contributed by atoms with van der Waals surface area (Å²) in [5.74, 6) is -1.95. The van der Waals surface area contributed by atoms with E-state index in [0.717, 1.165) is 12.8 Å². The lowest BCUT2D eigenvalue weighted by Gasteiger charge is -2.52. The summed E-state index contributed by atoms with van der Waals surface area (Å²) in [4.78, 5) is 47.8. The predicted octanol–water partition coefficient (Wildman–Crippen LogP) is 2.32. The molecule has 6 fully saturated rings. The molecule has 8 rings (SSSR count). The van der Waals surface area contributed by atoms with Gasteiger partial charge in [0.2, 0.25) is 17.2 Å². The van der Waals surface area contributed by atoms with Crippen molar-refractivity contribution in [3.05, 3.63) is 28.8 Å². The summed E-state index contributed by atoms with van der Waals surface area (Å²) in [6, 6.07) is 3.57. The van der Waals surface area contributed by atoms with Gasteiger partial charge in [0.05, 0.1) is 29.5 Å². The molecular formula is C35H46N2O10. The number of carbonyl (C=O) groups is 3. The normalized spacial score (nSPS) is 48.4. The third kappa shape index (κ3) is 3.90. The minimum absolute atomic E-state index is 0.00155. The van der Waals surface area contributed by atoms with Gasteiger partial charge in [0, 0.05) is 42.5 Å². The first-order valence-electron chi connectivity index (χ1n) is 17.0. The molecule has 0 amide bonds. The van der Waals surface area contributed by atoms with Crippen LogP contribution in [0.2, 0.25) is 0 Å². The highest BCUT2D eigenvalue weighted by Crippen LogP contribution is 2.79. The number of benzene rings is 1. The van der Waals surface area contributed by atoms with Gasteiger partial charge in [-0.15, -0.1) is 0 Å². The molecule has 1 aromatic carbocycles. The number of carbonyl (C=O) groups excluding carboxylic acids is 3. The number of likely N-dealkylation sites (N-methyl/N-ethyl adjacent to an activating group) is 2. The van der Waals surface area contributed by atoms with E-state index in [1.165, 1.54) is 0 Å². The standard InChI is InChI=1S/C35H46N2O10/c1-17-21(36(4)5)10-12-23(43-17)19-8-9-20-27(28(19)39)30(41)33-25(45-33)15-32(46-26-13-11-22(37(6)7)18(2)44-26)16-31(3,42)14-24(38)34(32)35(33,47-34)29(20)40/h8-9,17-18,21-23,25-26,39,42H,10-16H2,1-7H3/t17-,18-,21-,22-,23+,25-,26-,31-,32-,33+,34+,35-/m0/s1. The van der Waals surface area contributed by atoms with E-state index in [1.54, 1.807) is 19.1 Å². The van der Waals surface area contributed by atoms with E-state index in [2.05, 4.69) is 9.80 Å². The van der Waals surface area contributed by atoms with Crippen LogP contribution in [0.5, 0.6) is 5.75 Å². The zero-order valence-electron chi connectivity index (χ0n) is 28.2. The van der Waals surface area contributed by atoms with Gasteiger partial charge in [0.15, 0.2) is 23.3 Å². The number of rotatable bonds is 5. The number of Topliss-reactive ketones (excluding diaryl/α,β-unsaturated/α-hetero) is 3. The fourth-order valence-electron chi connectivity index (χ4n) is 10.3. The lowest BCUT2D eigenvalue weighted by atomic mass is 9.52. The van der Waals surface area contributed by atoms with Crippen molar-refractivity contribution in [2.24, 2.45) is 0 Å². The number of hydrogen-bond donors (Lipinski definition) is 2. The molecule has 3 aliphatic carbocycles. The van der Waals surface area contributed by atoms with Gasteiger partial charge in [0.25, 0.3) is 0 Å². The van der Waals surface area contributed by atoms with Gasteiger partial charge in [0.1, 0.15) is 17.5 Å². The summed E-state index contributed by atoms with van der Waals surface area (Å²) < 4.78 is 32.1. The van der Waals surface area contributed by atoms with E-state index in [1.807, 2.05) is 42.0 Å². The number of phenolic OH excluding ortho intramolecular Hbond substituents is 1. The lowest BCUT2D eigenvalue weighted by Crippen LogP contribution is -2.73. The summed E-state index contributed by atoms with van der Waals surface area (Å²) in [6.07, 6.45) is 0.290. The average molecular weight is 655 g/mol. The molecule has 0 unspecified atom stereocenters. The van der Waals surface area contributed by atoms with Crippen molar-refractivity contribution in [2.45, 2.75) is 137 Å². The number of phenols is 1. The van der Waals surface area contributed by atoms with E-state index in [9.17, 15) is 24.6 Å². The van der Waals surface area contributed by atoms with E-state index in [0.29, 0.717) is 18.4 Å². The molecule has 4 heterocycles. The smallest absolute Gasteiger partial charge is 0.210 e. The van der Waals surface area contributed by atoms with Crippen LogP contribution in [0, 0.1) is 0 Å². The first-order valence-corrected chi connectivity index (χ1v) is 17.0. The Bertz CT molecular complexity index is 1580. The molecule has 0 radical (unpaired) electrons. The highest BCUT2D eigenvalue weighted by Gasteiger charge is 3.03. The zero-order chi connectivity index (χ0) is 33.6. The van der Waals surface area contributed by atoms with Crippen LogP contribution in [0.15, 0.2) is 12.1 Å². The second-order valence-corrected chi connectivity index (χ2v) is 15.8. The molecule has 47 heavy (non-hydrogen) atoms. The molecule has 12 heteroatoms. The molecule has 2 N–H and O–H groups in total. The van der Waals surface area contributed by atoms with Crippen molar-refractivity contribution in [3.63, 3.8) is 0 Å². The molecule has 12 atom stereocenters. The number of epoxide rings is 2. The van der Waals surface area contributed by atoms with Crippen molar-refractivity contribution < 1.29 is 48.3 Å². The maximum atomic E-state index is 14.8. The van der Waals surface area contributed by atoms with E-state index < -0.39 is 63.9 Å². The Hall–Kier alpha value is -2.29. The number of nitrogens with zero attached hydrogens (tertiary/aromatic N) is 2. The summed E-state index contributed by atoms with van der Waals surface area (Å²) in [5.41, 5.74) is -8.17. The van der Waals surface area contributed by atoms with Crippen molar-refractivity contribution in [1.82, 2.24) is 9.80 Å². The number of ketones is 3. The van der Waals surface area contributed by atoms with Crippen molar-refractivity contribution in [2.75, 3.05) is 28.2 Å². The molecule has 1 aromatic rings. The maximum Gasteiger partial charge on any atom is 0.210 e. The maximum absolute atomic E-state index is 14.8. The second kappa shape index (κ2) is 9.91. The molecule has 12 nitrogen and oxygen atoms in total. The van der Waals surface area contributed by atoms with Gasteiger partial charge in [-0.05, 0) is 80.7 Å². The minimum Gasteiger partial charge on any atom is -0.507 e. The van der Waals surface area contributed by atoms with Crippen molar-refractivity contribution in [3.8, 4) is 5.75 Å². The van der Waals surface area contributed by atoms with Crippen LogP contribution in [-0.4, -0.2) is 130 Å². The lowest BCUT2D eigenvalue weighted by molar-refractivity contribution is -0.283. The van der Waals surface area contributed by atoms with Crippen LogP contribution in [0.25, 0.3) is 0 Å². The Labute approximate surface area is 274 Å². The van der Waals surface area contributed by atoms with Gasteiger partial charge in [-0.3, -0.25) is 14.4 Å². The van der Waals surface area contributed by atoms with Gasteiger partial charge in [-0.2, -0.15) is 0 Å². The van der Waals surface area contributed by atoms with Crippen LogP contribution in [-0.2, 0) is 28.5 Å². The van der Waals surface area contributed by atoms with Gasteiger partial charge < -0.3 is 43.7 Å². The molecular weight excluding hydrogens is 608 g/mol. The Kier molecular flexibility index (Phi) is 6.73. The summed E-state index contributed by atoms with van der Waals surface area (Å²) in [5, 5.41) is 23.0. The van der Waals surface area contributed by atoms with E-state index in [-0.39, 0.29) is 60.4 Å². The Morgan fingerprint density at radius 2 is 1.55 bits per heavy atom. The molecule has 256 valence electrons. The third-order valence-corrected chi connectivity index (χ3v) is 12.4. The molecule has 3 spiro atoms. The number of aromatic hydroxyl groups is 1. The largest absolute Gasteiger partial charge is 0.507 e. The Morgan fingerprint density at radius 3 is 2.19 bits per heavy atom. The molecule has 4 aliphatic heterocycles. The number of aliphatic hydroxyl groups is 1. The second-order valence-electron chi connectivity index (χ2n) is 15.8. The minimum atomic E-state index is -1.96. The van der Waals surface area contributed by atoms with Gasteiger partial charge in [-0.25, -0.2) is 0 Å². The van der Waals surface area contributed by atoms with Crippen molar-refractivity contribution >= 4 is 17.3 Å². The van der Waals surface area contributed by atoms with Crippen LogP contribution in [0.4, 0.5) is 0 Å². The number of hydrogen-bond acceptors (Lipinski definition) is 12. The molecule has 2 saturated carbocycles. The average Bonchev–Trinajstić information content (AvgIpc) is 3.87. The topological polar surface area (TPSA) is 151 Å². The summed E-state index contributed by atoms with van der Waals surface area (Å²) in [6.45, 7) is 5.55. The fourth-order valence-corrected chi connectivity index (χ4v) is 10.3. The predicted molar refractivity (Wildman–Crippen MR) is 165 cm³/mol. The first-order chi connectivity index (χ1) is 22.1. The molecule has 0 bridgehead atoms. The number of ether oxygens (including phenoxy) is 5. The van der Waals surface area contributed by atoms with Crippen molar-refractivity contribution in [1.29, 1.82) is 0 Å². The zero-order valence-corrected chi connectivity index (χ0v) is 28.2. The SMILES string of the molecule is C[C@@H]1O[C@@H](O[C@]23C[C@@H]4O[C@@]45C(=O)c4c(ccc([C@H]6CC[C@H](N(C)C)[C@H](C)O6)c4O)C(=O)[C@]54O[C@]24C(=O)C[C@](C)(O)C3)CC[C@@H]1N(C)C. The van der Waals surface area contributed by atoms with E-state index in [4.69, 9.17) is 23.7 Å². The molecule has 4 saturated heterocycles. The Balaban J connectivity index is 1.18. The quantitative estimate of drug-likeness (QED) is 0.449. The van der Waals surface area contributed by atoms with Crippen LogP contribution in [0.1, 0.15) is 98.1 Å². The van der Waals surface area contributed by atoms with Gasteiger partial charge >= 0.3 is 0 Å². The highest BCUT2D eigenvalue weighted by molar-refractivity contribution is 6.29. The van der Waals surface area contributed by atoms with Crippen LogP contribution >= 0.6 is 0 Å². The third-order valence-electron chi connectivity index (χ3n) is 12.4. The summed E-state index contributed by atoms with van der Waals surface area (Å²) >= 11 is 0. The first kappa shape index (κ1) is 31.9. The van der Waals surface area contributed by atoms with E-state index >= 15 is 0 Å². The highest BCUT2D eigenvalue weighted by atomic mass is 16.8. The van der Waals surface area contributed by atoms with Gasteiger partial charge in [-0.1, -0.05) is 6.07 Å². The fraction of sp³-hybridized carbons (Fsp3) is 0.743. The molecule has 7 aliphatic rings. The Morgan fingerprint density at radius 1 is 0.894 bits per heavy atom. The summed E-state index contributed by atoms with van der Waals surface area (Å²) in [7, 11) is 8.00. The monoisotopic (exact) mass is 654 g/mol. The van der Waals surface area contributed by atoms with Crippen LogP contribution in [0.3, 0.4) is 0 Å².